The molecule has 3 heteroatoms. The van der Waals surface area contributed by atoms with E-state index in [1.807, 2.05) is 24.3 Å². The first kappa shape index (κ1) is 15.8. The molecule has 2 rings (SSSR count). The molecule has 0 saturated heterocycles. The lowest BCUT2D eigenvalue weighted by Crippen LogP contribution is -2.35. The number of hydrogen-bond donors (Lipinski definition) is 2. The summed E-state index contributed by atoms with van der Waals surface area (Å²) in [5, 5.41) is 14.4. The van der Waals surface area contributed by atoms with E-state index in [0.717, 1.165) is 11.5 Å². The van der Waals surface area contributed by atoms with E-state index in [9.17, 15) is 5.11 Å². The number of hydrogen-bond acceptors (Lipinski definition) is 2. The van der Waals surface area contributed by atoms with Crippen LogP contribution in [-0.4, -0.2) is 17.7 Å². The highest BCUT2D eigenvalue weighted by Crippen LogP contribution is 2.28. The van der Waals surface area contributed by atoms with E-state index in [4.69, 9.17) is 11.6 Å². The first-order chi connectivity index (χ1) is 9.70. The van der Waals surface area contributed by atoms with E-state index >= 15 is 0 Å². The number of benzene rings is 1. The van der Waals surface area contributed by atoms with E-state index in [1.54, 1.807) is 0 Å². The number of nitrogens with one attached hydrogen (secondary N) is 1. The lowest BCUT2D eigenvalue weighted by molar-refractivity contribution is 0.161. The third kappa shape index (κ3) is 4.47. The van der Waals surface area contributed by atoms with Crippen molar-refractivity contribution in [1.29, 1.82) is 0 Å². The Morgan fingerprint density at radius 3 is 2.60 bits per heavy atom. The molecule has 1 aliphatic carbocycles. The first-order valence-electron chi connectivity index (χ1n) is 7.86. The molecule has 1 atom stereocenters. The normalized spacial score (nSPS) is 24.6. The zero-order valence-electron chi connectivity index (χ0n) is 12.3. The number of halogens is 1. The fraction of sp³-hybridized carbons (Fsp3) is 0.647. The summed E-state index contributed by atoms with van der Waals surface area (Å²) in [6, 6.07) is 8.09. The van der Waals surface area contributed by atoms with Gasteiger partial charge < -0.3 is 10.4 Å². The minimum atomic E-state index is -0.517. The van der Waals surface area contributed by atoms with Crippen molar-refractivity contribution in [3.05, 3.63) is 34.9 Å². The van der Waals surface area contributed by atoms with Gasteiger partial charge in [0, 0.05) is 23.2 Å². The lowest BCUT2D eigenvalue weighted by Gasteiger charge is -2.29. The first-order valence-corrected chi connectivity index (χ1v) is 8.24. The Hall–Kier alpha value is -0.570. The molecular formula is C17H26ClNO. The molecule has 1 aromatic carbocycles. The van der Waals surface area contributed by atoms with Gasteiger partial charge in [0.2, 0.25) is 0 Å². The Bertz CT molecular complexity index is 402. The molecule has 0 spiro atoms. The van der Waals surface area contributed by atoms with Gasteiger partial charge in [0.25, 0.3) is 0 Å². The van der Waals surface area contributed by atoms with Crippen LogP contribution < -0.4 is 5.32 Å². The summed E-state index contributed by atoms with van der Waals surface area (Å²) in [5.74, 6) is 0.923. The van der Waals surface area contributed by atoms with Gasteiger partial charge in [-0.2, -0.15) is 0 Å². The standard InChI is InChI=1S/C17H26ClNO/c1-2-5-13-8-10-14(11-9-13)19-12-17(20)15-6-3-4-7-16(15)18/h3-4,6-7,13-14,17,19-20H,2,5,8-12H2,1H3. The monoisotopic (exact) mass is 295 g/mol. The molecule has 0 aromatic heterocycles. The third-order valence-corrected chi connectivity index (χ3v) is 4.75. The highest BCUT2D eigenvalue weighted by Gasteiger charge is 2.21. The fourth-order valence-electron chi connectivity index (χ4n) is 3.20. The van der Waals surface area contributed by atoms with E-state index in [-0.39, 0.29) is 0 Å². The Morgan fingerprint density at radius 2 is 1.95 bits per heavy atom. The van der Waals surface area contributed by atoms with Crippen molar-refractivity contribution in [2.75, 3.05) is 6.54 Å². The molecule has 1 fully saturated rings. The van der Waals surface area contributed by atoms with E-state index in [0.29, 0.717) is 17.6 Å². The molecule has 112 valence electrons. The minimum Gasteiger partial charge on any atom is -0.387 e. The Kier molecular flexibility index (Phi) is 6.34. The molecule has 0 amide bonds. The highest BCUT2D eigenvalue weighted by atomic mass is 35.5. The van der Waals surface area contributed by atoms with Crippen LogP contribution in [0.5, 0.6) is 0 Å². The van der Waals surface area contributed by atoms with Crippen LogP contribution in [0.15, 0.2) is 24.3 Å². The number of aliphatic hydroxyl groups is 1. The van der Waals surface area contributed by atoms with Gasteiger partial charge in [0.15, 0.2) is 0 Å². The molecule has 1 aliphatic rings. The highest BCUT2D eigenvalue weighted by molar-refractivity contribution is 6.31. The maximum atomic E-state index is 10.2. The molecular weight excluding hydrogens is 270 g/mol. The Morgan fingerprint density at radius 1 is 1.25 bits per heavy atom. The molecule has 1 saturated carbocycles. The van der Waals surface area contributed by atoms with Gasteiger partial charge in [-0.1, -0.05) is 49.6 Å². The quantitative estimate of drug-likeness (QED) is 0.819. The summed E-state index contributed by atoms with van der Waals surface area (Å²) in [7, 11) is 0. The van der Waals surface area contributed by atoms with Crippen LogP contribution in [0.2, 0.25) is 5.02 Å². The van der Waals surface area contributed by atoms with Crippen LogP contribution in [-0.2, 0) is 0 Å². The van der Waals surface area contributed by atoms with E-state index in [2.05, 4.69) is 12.2 Å². The fourth-order valence-corrected chi connectivity index (χ4v) is 3.46. The van der Waals surface area contributed by atoms with E-state index < -0.39 is 6.10 Å². The van der Waals surface area contributed by atoms with Crippen LogP contribution >= 0.6 is 11.6 Å². The zero-order valence-corrected chi connectivity index (χ0v) is 13.1. The maximum absolute atomic E-state index is 10.2. The van der Waals surface area contributed by atoms with Crippen LogP contribution in [0, 0.1) is 5.92 Å². The van der Waals surface area contributed by atoms with E-state index in [1.165, 1.54) is 38.5 Å². The predicted molar refractivity (Wildman–Crippen MR) is 85.1 cm³/mol. The van der Waals surface area contributed by atoms with Crippen molar-refractivity contribution < 1.29 is 5.11 Å². The van der Waals surface area contributed by atoms with Crippen molar-refractivity contribution in [2.24, 2.45) is 5.92 Å². The molecule has 0 radical (unpaired) electrons. The van der Waals surface area contributed by atoms with Crippen LogP contribution in [0.3, 0.4) is 0 Å². The molecule has 2 N–H and O–H groups in total. The summed E-state index contributed by atoms with van der Waals surface area (Å²) >= 11 is 6.11. The Balaban J connectivity index is 1.75. The molecule has 2 nitrogen and oxygen atoms in total. The molecule has 1 unspecified atom stereocenters. The zero-order chi connectivity index (χ0) is 14.4. The number of rotatable bonds is 6. The second-order valence-electron chi connectivity index (χ2n) is 5.95. The predicted octanol–water partition coefficient (Wildman–Crippen LogP) is 4.32. The topological polar surface area (TPSA) is 32.3 Å². The van der Waals surface area contributed by atoms with Crippen LogP contribution in [0.1, 0.15) is 57.1 Å². The average molecular weight is 296 g/mol. The molecule has 0 bridgehead atoms. The van der Waals surface area contributed by atoms with Gasteiger partial charge in [0.05, 0.1) is 6.10 Å². The molecule has 1 aromatic rings. The van der Waals surface area contributed by atoms with Gasteiger partial charge in [-0.25, -0.2) is 0 Å². The summed E-state index contributed by atoms with van der Waals surface area (Å²) < 4.78 is 0. The molecule has 0 heterocycles. The minimum absolute atomic E-state index is 0.517. The number of aliphatic hydroxyl groups excluding tert-OH is 1. The summed E-state index contributed by atoms with van der Waals surface area (Å²) in [4.78, 5) is 0. The van der Waals surface area contributed by atoms with Gasteiger partial charge in [0.1, 0.15) is 0 Å². The second kappa shape index (κ2) is 8.02. The van der Waals surface area contributed by atoms with Gasteiger partial charge in [-0.05, 0) is 37.7 Å². The van der Waals surface area contributed by atoms with Crippen LogP contribution in [0.25, 0.3) is 0 Å². The van der Waals surface area contributed by atoms with Crippen molar-refractivity contribution in [1.82, 2.24) is 5.32 Å². The third-order valence-electron chi connectivity index (χ3n) is 4.41. The van der Waals surface area contributed by atoms with Gasteiger partial charge >= 0.3 is 0 Å². The SMILES string of the molecule is CCCC1CCC(NCC(O)c2ccccc2Cl)CC1. The molecule has 20 heavy (non-hydrogen) atoms. The largest absolute Gasteiger partial charge is 0.387 e. The Labute approximate surface area is 127 Å². The summed E-state index contributed by atoms with van der Waals surface area (Å²) in [6.07, 6.45) is 7.28. The average Bonchev–Trinajstić information content (AvgIpc) is 2.47. The van der Waals surface area contributed by atoms with Crippen molar-refractivity contribution in [3.8, 4) is 0 Å². The van der Waals surface area contributed by atoms with Crippen molar-refractivity contribution in [2.45, 2.75) is 57.6 Å². The van der Waals surface area contributed by atoms with Crippen LogP contribution in [0.4, 0.5) is 0 Å². The summed E-state index contributed by atoms with van der Waals surface area (Å²) in [6.45, 7) is 2.86. The van der Waals surface area contributed by atoms with Crippen molar-refractivity contribution >= 4 is 11.6 Å². The maximum Gasteiger partial charge on any atom is 0.0928 e. The second-order valence-corrected chi connectivity index (χ2v) is 6.36. The van der Waals surface area contributed by atoms with Crippen molar-refractivity contribution in [3.63, 3.8) is 0 Å². The van der Waals surface area contributed by atoms with Gasteiger partial charge in [-0.3, -0.25) is 0 Å². The smallest absolute Gasteiger partial charge is 0.0928 e. The van der Waals surface area contributed by atoms with Gasteiger partial charge in [-0.15, -0.1) is 0 Å². The summed E-state index contributed by atoms with van der Waals surface area (Å²) in [5.41, 5.74) is 0.821. The lowest BCUT2D eigenvalue weighted by atomic mass is 9.83. The molecule has 0 aliphatic heterocycles.